The summed E-state index contributed by atoms with van der Waals surface area (Å²) in [7, 11) is 0. The first-order chi connectivity index (χ1) is 13.5. The summed E-state index contributed by atoms with van der Waals surface area (Å²) in [5.74, 6) is 1.76. The zero-order valence-corrected chi connectivity index (χ0v) is 16.8. The Kier molecular flexibility index (Phi) is 5.27. The van der Waals surface area contributed by atoms with E-state index >= 15 is 0 Å². The highest BCUT2D eigenvalue weighted by atomic mass is 32.2. The van der Waals surface area contributed by atoms with E-state index in [0.717, 1.165) is 24.6 Å². The SMILES string of the molecule is CC(C)C(=O)NC[C@@H]1OC(=O)N2c3cc(F)c(N4CCSCC4)cc3OC[C@@H]12. The number of rotatable bonds is 4. The quantitative estimate of drug-likeness (QED) is 0.823. The van der Waals surface area contributed by atoms with Gasteiger partial charge in [-0.25, -0.2) is 9.18 Å². The van der Waals surface area contributed by atoms with Crippen LogP contribution in [0, 0.1) is 11.7 Å². The molecule has 2 amide bonds. The number of amides is 2. The van der Waals surface area contributed by atoms with E-state index in [1.54, 1.807) is 19.9 Å². The molecule has 3 aliphatic heterocycles. The van der Waals surface area contributed by atoms with Gasteiger partial charge in [0.25, 0.3) is 0 Å². The maximum Gasteiger partial charge on any atom is 0.415 e. The Labute approximate surface area is 167 Å². The summed E-state index contributed by atoms with van der Waals surface area (Å²) in [5, 5.41) is 2.78. The van der Waals surface area contributed by atoms with Gasteiger partial charge in [-0.3, -0.25) is 9.69 Å². The van der Waals surface area contributed by atoms with Gasteiger partial charge >= 0.3 is 6.09 Å². The van der Waals surface area contributed by atoms with Crippen LogP contribution in [0.2, 0.25) is 0 Å². The minimum absolute atomic E-state index is 0.109. The largest absolute Gasteiger partial charge is 0.489 e. The number of nitrogens with zero attached hydrogens (tertiary/aromatic N) is 2. The average Bonchev–Trinajstić information content (AvgIpc) is 3.02. The molecule has 3 heterocycles. The van der Waals surface area contributed by atoms with E-state index in [2.05, 4.69) is 5.32 Å². The van der Waals surface area contributed by atoms with E-state index in [4.69, 9.17) is 9.47 Å². The van der Waals surface area contributed by atoms with Crippen molar-refractivity contribution in [2.45, 2.75) is 26.0 Å². The van der Waals surface area contributed by atoms with Crippen molar-refractivity contribution in [3.63, 3.8) is 0 Å². The summed E-state index contributed by atoms with van der Waals surface area (Å²) >= 11 is 1.85. The minimum atomic E-state index is -0.542. The highest BCUT2D eigenvalue weighted by Gasteiger charge is 2.47. The van der Waals surface area contributed by atoms with Crippen LogP contribution in [-0.2, 0) is 9.53 Å². The van der Waals surface area contributed by atoms with Crippen LogP contribution in [0.5, 0.6) is 5.75 Å². The lowest BCUT2D eigenvalue weighted by Gasteiger charge is -2.34. The minimum Gasteiger partial charge on any atom is -0.489 e. The molecule has 2 saturated heterocycles. The summed E-state index contributed by atoms with van der Waals surface area (Å²) < 4.78 is 26.2. The number of ether oxygens (including phenoxy) is 2. The van der Waals surface area contributed by atoms with Gasteiger partial charge in [-0.05, 0) is 0 Å². The summed E-state index contributed by atoms with van der Waals surface area (Å²) in [4.78, 5) is 27.7. The van der Waals surface area contributed by atoms with Gasteiger partial charge in [0.05, 0.1) is 17.9 Å². The van der Waals surface area contributed by atoms with Crippen molar-refractivity contribution < 1.29 is 23.5 Å². The van der Waals surface area contributed by atoms with Crippen LogP contribution in [0.25, 0.3) is 0 Å². The molecule has 0 aliphatic carbocycles. The van der Waals surface area contributed by atoms with Crippen LogP contribution in [0.1, 0.15) is 13.8 Å². The molecule has 1 N–H and O–H groups in total. The number of cyclic esters (lactones) is 1. The van der Waals surface area contributed by atoms with Gasteiger partial charge in [0.15, 0.2) is 0 Å². The smallest absolute Gasteiger partial charge is 0.415 e. The van der Waals surface area contributed by atoms with E-state index < -0.39 is 18.2 Å². The normalized spacial score (nSPS) is 23.8. The lowest BCUT2D eigenvalue weighted by Crippen LogP contribution is -2.48. The van der Waals surface area contributed by atoms with Gasteiger partial charge in [-0.1, -0.05) is 13.8 Å². The number of thioether (sulfide) groups is 1. The first kappa shape index (κ1) is 19.2. The standard InChI is InChI=1S/C19H24FN3O4S/c1-11(2)18(24)21-9-17-15-10-26-16-8-13(22-3-5-28-6-4-22)12(20)7-14(16)23(15)19(25)27-17/h7-8,11,15,17H,3-6,9-10H2,1-2H3,(H,21,24)/t15-,17-/m0/s1. The summed E-state index contributed by atoms with van der Waals surface area (Å²) in [6, 6.07) is 2.64. The maximum atomic E-state index is 14.8. The third-order valence-corrected chi connectivity index (χ3v) is 6.20. The lowest BCUT2D eigenvalue weighted by atomic mass is 10.1. The lowest BCUT2D eigenvalue weighted by molar-refractivity contribution is -0.124. The van der Waals surface area contributed by atoms with Crippen LogP contribution in [0.4, 0.5) is 20.6 Å². The van der Waals surface area contributed by atoms with Crippen molar-refractivity contribution in [2.75, 3.05) is 47.5 Å². The third-order valence-electron chi connectivity index (χ3n) is 5.26. The van der Waals surface area contributed by atoms with Crippen molar-refractivity contribution in [3.8, 4) is 5.75 Å². The predicted octanol–water partition coefficient (Wildman–Crippen LogP) is 2.24. The Morgan fingerprint density at radius 3 is 2.79 bits per heavy atom. The van der Waals surface area contributed by atoms with Crippen LogP contribution in [0.15, 0.2) is 12.1 Å². The fraction of sp³-hybridized carbons (Fsp3) is 0.579. The monoisotopic (exact) mass is 409 g/mol. The second-order valence-electron chi connectivity index (χ2n) is 7.44. The van der Waals surface area contributed by atoms with Gasteiger partial charge < -0.3 is 19.7 Å². The molecule has 0 saturated carbocycles. The highest BCUT2D eigenvalue weighted by molar-refractivity contribution is 7.99. The van der Waals surface area contributed by atoms with Crippen LogP contribution >= 0.6 is 11.8 Å². The fourth-order valence-corrected chi connectivity index (χ4v) is 4.57. The van der Waals surface area contributed by atoms with Crippen molar-refractivity contribution in [1.29, 1.82) is 0 Å². The van der Waals surface area contributed by atoms with Crippen LogP contribution in [-0.4, -0.2) is 61.9 Å². The molecule has 1 aromatic rings. The number of halogens is 1. The molecular formula is C19H24FN3O4S. The van der Waals surface area contributed by atoms with E-state index in [1.807, 2.05) is 16.7 Å². The van der Waals surface area contributed by atoms with Gasteiger partial charge in [-0.2, -0.15) is 11.8 Å². The number of fused-ring (bicyclic) bond motifs is 3. The summed E-state index contributed by atoms with van der Waals surface area (Å²) in [5.41, 5.74) is 0.886. The summed E-state index contributed by atoms with van der Waals surface area (Å²) in [6.45, 7) is 5.60. The van der Waals surface area contributed by atoms with E-state index in [9.17, 15) is 14.0 Å². The zero-order valence-electron chi connectivity index (χ0n) is 15.9. The first-order valence-corrected chi connectivity index (χ1v) is 10.7. The number of hydrogen-bond acceptors (Lipinski definition) is 6. The van der Waals surface area contributed by atoms with E-state index in [0.29, 0.717) is 17.1 Å². The number of anilines is 2. The fourth-order valence-electron chi connectivity index (χ4n) is 3.67. The number of carbonyl (C=O) groups excluding carboxylic acids is 2. The number of hydrogen-bond donors (Lipinski definition) is 1. The number of carbonyl (C=O) groups is 2. The molecule has 0 radical (unpaired) electrons. The average molecular weight is 409 g/mol. The van der Waals surface area contributed by atoms with Crippen LogP contribution < -0.4 is 19.9 Å². The molecule has 0 bridgehead atoms. The second kappa shape index (κ2) is 7.69. The Morgan fingerprint density at radius 1 is 1.32 bits per heavy atom. The maximum absolute atomic E-state index is 14.8. The summed E-state index contributed by atoms with van der Waals surface area (Å²) in [6.07, 6.45) is -1.08. The van der Waals surface area contributed by atoms with E-state index in [-0.39, 0.29) is 30.8 Å². The van der Waals surface area contributed by atoms with Crippen molar-refractivity contribution in [2.24, 2.45) is 5.92 Å². The first-order valence-electron chi connectivity index (χ1n) is 9.52. The molecule has 1 aromatic carbocycles. The molecule has 0 unspecified atom stereocenters. The molecule has 7 nitrogen and oxygen atoms in total. The molecule has 152 valence electrons. The van der Waals surface area contributed by atoms with Gasteiger partial charge in [-0.15, -0.1) is 0 Å². The highest BCUT2D eigenvalue weighted by Crippen LogP contribution is 2.42. The van der Waals surface area contributed by atoms with Gasteiger partial charge in [0.1, 0.15) is 30.3 Å². The Balaban J connectivity index is 1.54. The Morgan fingerprint density at radius 2 is 2.07 bits per heavy atom. The molecule has 3 aliphatic rings. The van der Waals surface area contributed by atoms with Crippen molar-refractivity contribution in [1.82, 2.24) is 5.32 Å². The van der Waals surface area contributed by atoms with E-state index in [1.165, 1.54) is 11.0 Å². The molecule has 2 atom stereocenters. The topological polar surface area (TPSA) is 71.1 Å². The third kappa shape index (κ3) is 3.47. The molecule has 0 aromatic heterocycles. The molecule has 0 spiro atoms. The molecular weight excluding hydrogens is 385 g/mol. The predicted molar refractivity (Wildman–Crippen MR) is 106 cm³/mol. The molecule has 4 rings (SSSR count). The van der Waals surface area contributed by atoms with Gasteiger partial charge in [0, 0.05) is 42.6 Å². The number of nitrogens with one attached hydrogen (secondary N) is 1. The number of benzene rings is 1. The van der Waals surface area contributed by atoms with Crippen LogP contribution in [0.3, 0.4) is 0 Å². The Hall–Kier alpha value is -2.16. The molecule has 9 heteroatoms. The second-order valence-corrected chi connectivity index (χ2v) is 8.67. The Bertz CT molecular complexity index is 785. The van der Waals surface area contributed by atoms with Gasteiger partial charge in [0.2, 0.25) is 5.91 Å². The van der Waals surface area contributed by atoms with Crippen molar-refractivity contribution in [3.05, 3.63) is 17.9 Å². The zero-order chi connectivity index (χ0) is 19.8. The molecule has 28 heavy (non-hydrogen) atoms. The molecule has 2 fully saturated rings. The van der Waals surface area contributed by atoms with Crippen molar-refractivity contribution >= 4 is 35.1 Å².